The van der Waals surface area contributed by atoms with Crippen molar-refractivity contribution >= 4 is 11.9 Å². The highest BCUT2D eigenvalue weighted by atomic mass is 16.7. The summed E-state index contributed by atoms with van der Waals surface area (Å²) < 4.78 is 16.7. The molecule has 78 heavy (non-hydrogen) atoms. The number of unbranched alkanes of at least 4 members (excludes halogenated alkanes) is 40. The second-order valence-corrected chi connectivity index (χ2v) is 23.2. The highest BCUT2D eigenvalue weighted by Crippen LogP contribution is 2.23. The zero-order chi connectivity index (χ0) is 56.6. The van der Waals surface area contributed by atoms with Crippen LogP contribution in [-0.4, -0.2) is 100 Å². The molecule has 0 saturated carbocycles. The Morgan fingerprint density at radius 2 is 0.833 bits per heavy atom. The molecule has 11 heteroatoms. The van der Waals surface area contributed by atoms with Crippen molar-refractivity contribution in [2.24, 2.45) is 0 Å². The van der Waals surface area contributed by atoms with E-state index < -0.39 is 49.5 Å². The van der Waals surface area contributed by atoms with Gasteiger partial charge in [-0.15, -0.1) is 0 Å². The van der Waals surface area contributed by atoms with E-state index >= 15 is 0 Å². The normalized spacial score (nSPS) is 18.7. The Kier molecular flexibility index (Phi) is 53.7. The lowest BCUT2D eigenvalue weighted by molar-refractivity contribution is -0.302. The van der Waals surface area contributed by atoms with Gasteiger partial charge in [0.05, 0.1) is 32.0 Å². The van der Waals surface area contributed by atoms with Gasteiger partial charge in [-0.25, -0.2) is 0 Å². The first-order chi connectivity index (χ1) is 38.2. The summed E-state index contributed by atoms with van der Waals surface area (Å²) in [5.41, 5.74) is 0. The molecule has 7 atom stereocenters. The Morgan fingerprint density at radius 1 is 0.462 bits per heavy atom. The summed E-state index contributed by atoms with van der Waals surface area (Å²) in [7, 11) is 0. The highest BCUT2D eigenvalue weighted by molar-refractivity contribution is 5.76. The molecule has 0 radical (unpaired) electrons. The molecule has 0 bridgehead atoms. The molecule has 0 aromatic rings. The first-order valence-electron chi connectivity index (χ1n) is 33.3. The number of esters is 1. The van der Waals surface area contributed by atoms with Gasteiger partial charge in [0.1, 0.15) is 24.4 Å². The molecule has 1 rings (SSSR count). The maximum atomic E-state index is 13.0. The first-order valence-corrected chi connectivity index (χ1v) is 33.3. The van der Waals surface area contributed by atoms with Crippen molar-refractivity contribution in [3.05, 3.63) is 36.5 Å². The Morgan fingerprint density at radius 3 is 1.29 bits per heavy atom. The fourth-order valence-electron chi connectivity index (χ4n) is 10.4. The number of hydrogen-bond acceptors (Lipinski definition) is 10. The topological polar surface area (TPSA) is 175 Å². The van der Waals surface area contributed by atoms with Crippen molar-refractivity contribution in [3.63, 3.8) is 0 Å². The standard InChI is InChI=1S/C67H125NO10/c1-3-5-7-9-11-13-14-31-35-39-43-47-51-55-63(72)76-56-52-48-44-40-36-33-30-28-26-24-22-20-18-16-15-17-19-21-23-25-27-29-32-34-38-42-46-50-54-62(71)68-59(60(70)53-49-45-41-37-12-10-8-6-4-2)58-77-67-66(75)65(74)64(73)61(57-69)78-67/h12,15-16,37,49,53,59-61,64-67,69-70,73-75H,3-11,13-14,17-36,38-48,50-52,54-58H2,1-2H3,(H,68,71)/b16-15-,37-12+,53-49+. The summed E-state index contributed by atoms with van der Waals surface area (Å²) in [6, 6.07) is -0.826. The van der Waals surface area contributed by atoms with Crippen LogP contribution in [0.5, 0.6) is 0 Å². The smallest absolute Gasteiger partial charge is 0.305 e. The van der Waals surface area contributed by atoms with Gasteiger partial charge in [-0.3, -0.25) is 9.59 Å². The van der Waals surface area contributed by atoms with Gasteiger partial charge in [0.15, 0.2) is 6.29 Å². The third kappa shape index (κ3) is 45.5. The van der Waals surface area contributed by atoms with Crippen molar-refractivity contribution in [1.29, 1.82) is 0 Å². The molecule has 1 aliphatic rings. The molecule has 11 nitrogen and oxygen atoms in total. The van der Waals surface area contributed by atoms with Gasteiger partial charge in [0.2, 0.25) is 5.91 Å². The summed E-state index contributed by atoms with van der Waals surface area (Å²) in [4.78, 5) is 25.0. The van der Waals surface area contributed by atoms with Crippen LogP contribution < -0.4 is 5.32 Å². The van der Waals surface area contributed by atoms with Gasteiger partial charge in [0, 0.05) is 12.8 Å². The SMILES string of the molecule is CCCCC/C=C/CC/C=C/C(O)C(COC1OC(CO)C(O)C(O)C1O)NC(=O)CCCCCCCCCCCCCC/C=C\CCCCCCCCCCCCCCOC(=O)CCCCCCCCCCCCCCC. The monoisotopic (exact) mass is 1100 g/mol. The predicted molar refractivity (Wildman–Crippen MR) is 324 cm³/mol. The molecule has 1 aliphatic heterocycles. The number of ether oxygens (including phenoxy) is 3. The molecular formula is C67H125NO10. The largest absolute Gasteiger partial charge is 0.466 e. The van der Waals surface area contributed by atoms with Crippen molar-refractivity contribution in [1.82, 2.24) is 5.32 Å². The molecule has 1 heterocycles. The van der Waals surface area contributed by atoms with Crippen LogP contribution in [0.25, 0.3) is 0 Å². The van der Waals surface area contributed by atoms with Crippen LogP contribution in [0.2, 0.25) is 0 Å². The van der Waals surface area contributed by atoms with E-state index in [1.54, 1.807) is 6.08 Å². The number of carbonyl (C=O) groups is 2. The van der Waals surface area contributed by atoms with Gasteiger partial charge >= 0.3 is 5.97 Å². The Hall–Kier alpha value is -2.12. The van der Waals surface area contributed by atoms with Crippen LogP contribution >= 0.6 is 0 Å². The molecule has 0 spiro atoms. The number of aliphatic hydroxyl groups is 5. The Balaban J connectivity index is 1.95. The van der Waals surface area contributed by atoms with Crippen LogP contribution in [0.1, 0.15) is 316 Å². The van der Waals surface area contributed by atoms with Gasteiger partial charge < -0.3 is 45.1 Å². The molecule has 1 saturated heterocycles. The summed E-state index contributed by atoms with van der Waals surface area (Å²) in [6.07, 6.45) is 61.5. The molecule has 0 aromatic heterocycles. The Bertz CT molecular complexity index is 1390. The summed E-state index contributed by atoms with van der Waals surface area (Å²) in [5, 5.41) is 54.2. The van der Waals surface area contributed by atoms with E-state index in [2.05, 4.69) is 43.5 Å². The minimum Gasteiger partial charge on any atom is -0.466 e. The average Bonchev–Trinajstić information content (AvgIpc) is 3.44. The van der Waals surface area contributed by atoms with Crippen LogP contribution in [0.3, 0.4) is 0 Å². The maximum absolute atomic E-state index is 13.0. The first kappa shape index (κ1) is 73.9. The predicted octanol–water partition coefficient (Wildman–Crippen LogP) is 16.2. The molecule has 458 valence electrons. The van der Waals surface area contributed by atoms with E-state index in [4.69, 9.17) is 14.2 Å². The third-order valence-corrected chi connectivity index (χ3v) is 15.7. The summed E-state index contributed by atoms with van der Waals surface area (Å²) in [6.45, 7) is 4.30. The fraction of sp³-hybridized carbons (Fsp3) is 0.881. The second kappa shape index (κ2) is 56.7. The number of nitrogens with one attached hydrogen (secondary N) is 1. The van der Waals surface area contributed by atoms with E-state index in [0.29, 0.717) is 19.4 Å². The Labute approximate surface area is 479 Å². The van der Waals surface area contributed by atoms with Crippen molar-refractivity contribution < 1.29 is 49.3 Å². The van der Waals surface area contributed by atoms with E-state index in [0.717, 1.165) is 57.8 Å². The van der Waals surface area contributed by atoms with E-state index in [1.807, 2.05) is 6.08 Å². The highest BCUT2D eigenvalue weighted by Gasteiger charge is 2.44. The number of aliphatic hydroxyl groups excluding tert-OH is 5. The lowest BCUT2D eigenvalue weighted by atomic mass is 9.99. The van der Waals surface area contributed by atoms with E-state index in [1.165, 1.54) is 231 Å². The number of amides is 1. The van der Waals surface area contributed by atoms with Crippen LogP contribution in [0, 0.1) is 0 Å². The average molecular weight is 1100 g/mol. The molecule has 6 N–H and O–H groups in total. The second-order valence-electron chi connectivity index (χ2n) is 23.2. The van der Waals surface area contributed by atoms with Crippen LogP contribution in [-0.2, 0) is 23.8 Å². The van der Waals surface area contributed by atoms with Crippen LogP contribution in [0.4, 0.5) is 0 Å². The lowest BCUT2D eigenvalue weighted by Gasteiger charge is -2.40. The van der Waals surface area contributed by atoms with E-state index in [9.17, 15) is 35.1 Å². The molecule has 0 aromatic carbocycles. The van der Waals surface area contributed by atoms with E-state index in [-0.39, 0.29) is 18.5 Å². The van der Waals surface area contributed by atoms with Gasteiger partial charge in [-0.1, -0.05) is 269 Å². The van der Waals surface area contributed by atoms with Crippen molar-refractivity contribution in [3.8, 4) is 0 Å². The summed E-state index contributed by atoms with van der Waals surface area (Å²) >= 11 is 0. The molecule has 1 amide bonds. The van der Waals surface area contributed by atoms with Gasteiger partial charge in [0.25, 0.3) is 0 Å². The minimum atomic E-state index is -1.58. The van der Waals surface area contributed by atoms with Crippen molar-refractivity contribution in [2.45, 2.75) is 358 Å². The number of carbonyl (C=O) groups excluding carboxylic acids is 2. The molecule has 1 fully saturated rings. The van der Waals surface area contributed by atoms with Crippen LogP contribution in [0.15, 0.2) is 36.5 Å². The maximum Gasteiger partial charge on any atom is 0.305 e. The fourth-order valence-corrected chi connectivity index (χ4v) is 10.4. The molecule has 7 unspecified atom stereocenters. The summed E-state index contributed by atoms with van der Waals surface area (Å²) in [5.74, 6) is -0.186. The quantitative estimate of drug-likeness (QED) is 0.0195. The third-order valence-electron chi connectivity index (χ3n) is 15.7. The van der Waals surface area contributed by atoms with Crippen molar-refractivity contribution in [2.75, 3.05) is 19.8 Å². The van der Waals surface area contributed by atoms with Gasteiger partial charge in [-0.05, 0) is 70.6 Å². The number of rotatable bonds is 58. The molecule has 0 aliphatic carbocycles. The zero-order valence-corrected chi connectivity index (χ0v) is 50.6. The number of hydrogen-bond donors (Lipinski definition) is 6. The number of allylic oxidation sites excluding steroid dienone is 5. The van der Waals surface area contributed by atoms with Gasteiger partial charge in [-0.2, -0.15) is 0 Å². The minimum absolute atomic E-state index is 0.00798. The molecular weight excluding hydrogens is 979 g/mol. The zero-order valence-electron chi connectivity index (χ0n) is 50.6. The lowest BCUT2D eigenvalue weighted by Crippen LogP contribution is -2.60.